The molecule has 0 saturated heterocycles. The fourth-order valence-electron chi connectivity index (χ4n) is 3.09. The highest BCUT2D eigenvalue weighted by Gasteiger charge is 2.31. The minimum absolute atomic E-state index is 0.134. The SMILES string of the molecule is O=C(CCNS(=O)(=O)c1ccc(OC(F)(F)F)cc1)NC(c1ccccc1)c1ccccc1. The number of sulfonamides is 1. The first kappa shape index (κ1) is 24.3. The van der Waals surface area contributed by atoms with E-state index in [1.807, 2.05) is 60.7 Å². The molecular formula is C23H21F3N2O4S. The molecule has 3 rings (SSSR count). The van der Waals surface area contributed by atoms with E-state index in [1.54, 1.807) is 0 Å². The van der Waals surface area contributed by atoms with E-state index in [2.05, 4.69) is 14.8 Å². The van der Waals surface area contributed by atoms with Gasteiger partial charge in [0.2, 0.25) is 15.9 Å². The molecular weight excluding hydrogens is 457 g/mol. The van der Waals surface area contributed by atoms with Gasteiger partial charge in [0, 0.05) is 13.0 Å². The van der Waals surface area contributed by atoms with Crippen LogP contribution < -0.4 is 14.8 Å². The van der Waals surface area contributed by atoms with Gasteiger partial charge < -0.3 is 10.1 Å². The summed E-state index contributed by atoms with van der Waals surface area (Å²) in [6.45, 7) is -0.189. The summed E-state index contributed by atoms with van der Waals surface area (Å²) in [7, 11) is -4.02. The Kier molecular flexibility index (Phi) is 7.72. The standard InChI is InChI=1S/C23H21F3N2O4S/c24-23(25,26)32-19-11-13-20(14-12-19)33(30,31)27-16-15-21(29)28-22(17-7-3-1-4-8-17)18-9-5-2-6-10-18/h1-14,22,27H,15-16H2,(H,28,29). The molecule has 174 valence electrons. The molecule has 0 aliphatic rings. The van der Waals surface area contributed by atoms with Crippen LogP contribution in [0.2, 0.25) is 0 Å². The molecule has 3 aromatic carbocycles. The van der Waals surface area contributed by atoms with Crippen molar-refractivity contribution in [2.75, 3.05) is 6.54 Å². The second-order valence-corrected chi connectivity index (χ2v) is 8.76. The topological polar surface area (TPSA) is 84.5 Å². The maximum absolute atomic E-state index is 12.5. The molecule has 0 atom stereocenters. The lowest BCUT2D eigenvalue weighted by molar-refractivity contribution is -0.274. The van der Waals surface area contributed by atoms with Gasteiger partial charge in [-0.1, -0.05) is 60.7 Å². The molecule has 0 spiro atoms. The summed E-state index contributed by atoms with van der Waals surface area (Å²) >= 11 is 0. The fraction of sp³-hybridized carbons (Fsp3) is 0.174. The van der Waals surface area contributed by atoms with Gasteiger partial charge in [-0.3, -0.25) is 4.79 Å². The zero-order valence-corrected chi connectivity index (χ0v) is 18.1. The summed E-state index contributed by atoms with van der Waals surface area (Å²) in [5, 5.41) is 2.91. The number of amides is 1. The molecule has 33 heavy (non-hydrogen) atoms. The van der Waals surface area contributed by atoms with E-state index in [-0.39, 0.29) is 23.8 Å². The lowest BCUT2D eigenvalue weighted by Gasteiger charge is -2.20. The molecule has 0 aliphatic carbocycles. The van der Waals surface area contributed by atoms with Gasteiger partial charge in [-0.25, -0.2) is 13.1 Å². The number of ether oxygens (including phenoxy) is 1. The van der Waals surface area contributed by atoms with Gasteiger partial charge in [-0.2, -0.15) is 0 Å². The number of carbonyl (C=O) groups is 1. The Hall–Kier alpha value is -3.37. The second-order valence-electron chi connectivity index (χ2n) is 6.99. The van der Waals surface area contributed by atoms with E-state index in [4.69, 9.17) is 0 Å². The van der Waals surface area contributed by atoms with Gasteiger partial charge in [0.15, 0.2) is 0 Å². The number of benzene rings is 3. The molecule has 1 amide bonds. The Morgan fingerprint density at radius 3 is 1.85 bits per heavy atom. The average Bonchev–Trinajstić information content (AvgIpc) is 2.78. The number of hydrogen-bond donors (Lipinski definition) is 2. The van der Waals surface area contributed by atoms with Crippen molar-refractivity contribution >= 4 is 15.9 Å². The Balaban J connectivity index is 1.59. The monoisotopic (exact) mass is 478 g/mol. The van der Waals surface area contributed by atoms with Crippen LogP contribution in [0.25, 0.3) is 0 Å². The lowest BCUT2D eigenvalue weighted by atomic mass is 9.98. The quantitative estimate of drug-likeness (QED) is 0.484. The molecule has 0 radical (unpaired) electrons. The highest BCUT2D eigenvalue weighted by molar-refractivity contribution is 7.89. The molecule has 10 heteroatoms. The van der Waals surface area contributed by atoms with Gasteiger partial charge in [0.05, 0.1) is 10.9 Å². The number of halogens is 3. The fourth-order valence-corrected chi connectivity index (χ4v) is 4.12. The van der Waals surface area contributed by atoms with Crippen LogP contribution in [0.4, 0.5) is 13.2 Å². The highest BCUT2D eigenvalue weighted by atomic mass is 32.2. The van der Waals surface area contributed by atoms with Gasteiger partial charge >= 0.3 is 6.36 Å². The van der Waals surface area contributed by atoms with Gasteiger partial charge in [0.1, 0.15) is 5.75 Å². The molecule has 0 fully saturated rings. The molecule has 0 bridgehead atoms. The molecule has 2 N–H and O–H groups in total. The third-order valence-corrected chi connectivity index (χ3v) is 6.06. The minimum atomic E-state index is -4.87. The summed E-state index contributed by atoms with van der Waals surface area (Å²) in [5.41, 5.74) is 1.75. The predicted molar refractivity (Wildman–Crippen MR) is 116 cm³/mol. The number of hydrogen-bond acceptors (Lipinski definition) is 4. The first-order valence-corrected chi connectivity index (χ1v) is 11.4. The van der Waals surface area contributed by atoms with Crippen LogP contribution in [0.5, 0.6) is 5.75 Å². The third kappa shape index (κ3) is 7.33. The number of nitrogens with one attached hydrogen (secondary N) is 2. The normalized spacial score (nSPS) is 11.9. The van der Waals surface area contributed by atoms with Crippen molar-refractivity contribution in [3.63, 3.8) is 0 Å². The van der Waals surface area contributed by atoms with Crippen LogP contribution in [0.3, 0.4) is 0 Å². The number of carbonyl (C=O) groups excluding carboxylic acids is 1. The van der Waals surface area contributed by atoms with Crippen molar-refractivity contribution in [3.05, 3.63) is 96.1 Å². The summed E-state index contributed by atoms with van der Waals surface area (Å²) in [5.74, 6) is -0.905. The molecule has 0 saturated carbocycles. The Morgan fingerprint density at radius 2 is 1.36 bits per heavy atom. The Labute approximate surface area is 189 Å². The maximum atomic E-state index is 12.5. The second kappa shape index (κ2) is 10.5. The van der Waals surface area contributed by atoms with Crippen molar-refractivity contribution in [3.8, 4) is 5.75 Å². The molecule has 3 aromatic rings. The third-order valence-electron chi connectivity index (χ3n) is 4.58. The molecule has 0 heterocycles. The zero-order valence-electron chi connectivity index (χ0n) is 17.2. The van der Waals surface area contributed by atoms with Crippen LogP contribution in [-0.2, 0) is 14.8 Å². The van der Waals surface area contributed by atoms with E-state index in [0.717, 1.165) is 35.4 Å². The summed E-state index contributed by atoms with van der Waals surface area (Å²) < 4.78 is 67.4. The Bertz CT molecular complexity index is 1110. The Morgan fingerprint density at radius 1 is 0.848 bits per heavy atom. The number of alkyl halides is 3. The van der Waals surface area contributed by atoms with E-state index < -0.39 is 28.2 Å². The van der Waals surface area contributed by atoms with Gasteiger partial charge in [0.25, 0.3) is 0 Å². The maximum Gasteiger partial charge on any atom is 0.573 e. The highest BCUT2D eigenvalue weighted by Crippen LogP contribution is 2.24. The summed E-state index contributed by atoms with van der Waals surface area (Å²) in [6.07, 6.45) is -5.01. The van der Waals surface area contributed by atoms with E-state index in [0.29, 0.717) is 0 Å². The predicted octanol–water partition coefficient (Wildman–Crippen LogP) is 4.16. The van der Waals surface area contributed by atoms with Crippen molar-refractivity contribution < 1.29 is 31.1 Å². The zero-order chi connectivity index (χ0) is 23.9. The van der Waals surface area contributed by atoms with E-state index in [1.165, 1.54) is 0 Å². The van der Waals surface area contributed by atoms with Crippen molar-refractivity contribution in [1.82, 2.24) is 10.0 Å². The largest absolute Gasteiger partial charge is 0.573 e. The minimum Gasteiger partial charge on any atom is -0.406 e. The van der Waals surface area contributed by atoms with Crippen LogP contribution in [0.15, 0.2) is 89.8 Å². The first-order valence-electron chi connectivity index (χ1n) is 9.89. The molecule has 0 aliphatic heterocycles. The van der Waals surface area contributed by atoms with Crippen molar-refractivity contribution in [2.45, 2.75) is 23.7 Å². The van der Waals surface area contributed by atoms with Crippen molar-refractivity contribution in [2.24, 2.45) is 0 Å². The molecule has 6 nitrogen and oxygen atoms in total. The lowest BCUT2D eigenvalue weighted by Crippen LogP contribution is -2.33. The summed E-state index contributed by atoms with van der Waals surface area (Å²) in [4.78, 5) is 12.3. The average molecular weight is 478 g/mol. The number of rotatable bonds is 9. The van der Waals surface area contributed by atoms with Gasteiger partial charge in [-0.15, -0.1) is 13.2 Å². The van der Waals surface area contributed by atoms with Crippen LogP contribution in [-0.4, -0.2) is 27.2 Å². The summed E-state index contributed by atoms with van der Waals surface area (Å²) in [6, 6.07) is 22.1. The van der Waals surface area contributed by atoms with Crippen molar-refractivity contribution in [1.29, 1.82) is 0 Å². The first-order chi connectivity index (χ1) is 15.6. The van der Waals surface area contributed by atoms with E-state index in [9.17, 15) is 26.4 Å². The van der Waals surface area contributed by atoms with E-state index >= 15 is 0 Å². The van der Waals surface area contributed by atoms with Crippen LogP contribution in [0, 0.1) is 0 Å². The van der Waals surface area contributed by atoms with Crippen LogP contribution >= 0.6 is 0 Å². The molecule has 0 unspecified atom stereocenters. The van der Waals surface area contributed by atoms with Gasteiger partial charge in [-0.05, 0) is 35.4 Å². The van der Waals surface area contributed by atoms with Crippen LogP contribution in [0.1, 0.15) is 23.6 Å². The smallest absolute Gasteiger partial charge is 0.406 e. The molecule has 0 aromatic heterocycles.